The molecule has 0 saturated carbocycles. The minimum absolute atomic E-state index is 0.0316. The van der Waals surface area contributed by atoms with Crippen LogP contribution in [0.25, 0.3) is 0 Å². The number of nitro groups is 1. The Morgan fingerprint density at radius 2 is 1.82 bits per heavy atom. The molecular formula is C18H17ClN2O7. The zero-order chi connectivity index (χ0) is 20.8. The number of carbonyl (C=O) groups excluding carboxylic acids is 2. The van der Waals surface area contributed by atoms with Gasteiger partial charge in [-0.15, -0.1) is 0 Å². The first kappa shape index (κ1) is 21.0. The van der Waals surface area contributed by atoms with E-state index in [-0.39, 0.29) is 16.9 Å². The Hall–Kier alpha value is -3.33. The number of hydrogen-bond acceptors (Lipinski definition) is 7. The maximum atomic E-state index is 12.1. The molecule has 0 fully saturated rings. The van der Waals surface area contributed by atoms with Crippen LogP contribution >= 0.6 is 11.6 Å². The number of halogens is 1. The van der Waals surface area contributed by atoms with Crippen LogP contribution in [0.5, 0.6) is 11.5 Å². The fourth-order valence-electron chi connectivity index (χ4n) is 2.29. The summed E-state index contributed by atoms with van der Waals surface area (Å²) in [6.07, 6.45) is 0. The third kappa shape index (κ3) is 4.89. The molecule has 10 heteroatoms. The second-order valence-electron chi connectivity index (χ2n) is 5.57. The van der Waals surface area contributed by atoms with E-state index in [1.165, 1.54) is 38.5 Å². The minimum Gasteiger partial charge on any atom is -0.495 e. The number of carbonyl (C=O) groups is 2. The molecule has 1 N–H and O–H groups in total. The van der Waals surface area contributed by atoms with E-state index in [0.717, 1.165) is 6.07 Å². The van der Waals surface area contributed by atoms with Gasteiger partial charge in [-0.05, 0) is 13.0 Å². The van der Waals surface area contributed by atoms with Gasteiger partial charge in [0.25, 0.3) is 11.6 Å². The summed E-state index contributed by atoms with van der Waals surface area (Å²) in [5.74, 6) is -0.891. The molecule has 0 atom stereocenters. The highest BCUT2D eigenvalue weighted by Crippen LogP contribution is 2.35. The van der Waals surface area contributed by atoms with Crippen LogP contribution in [0.4, 0.5) is 11.4 Å². The predicted molar refractivity (Wildman–Crippen MR) is 101 cm³/mol. The van der Waals surface area contributed by atoms with Gasteiger partial charge in [0.15, 0.2) is 6.61 Å². The Morgan fingerprint density at radius 1 is 1.14 bits per heavy atom. The average molecular weight is 409 g/mol. The van der Waals surface area contributed by atoms with Gasteiger partial charge >= 0.3 is 5.97 Å². The first-order valence-corrected chi connectivity index (χ1v) is 8.28. The van der Waals surface area contributed by atoms with Gasteiger partial charge in [0.1, 0.15) is 11.5 Å². The summed E-state index contributed by atoms with van der Waals surface area (Å²) < 4.78 is 15.1. The number of ether oxygens (including phenoxy) is 3. The van der Waals surface area contributed by atoms with Crippen molar-refractivity contribution in [2.75, 3.05) is 26.1 Å². The van der Waals surface area contributed by atoms with Crippen LogP contribution in [0.15, 0.2) is 30.3 Å². The van der Waals surface area contributed by atoms with Crippen molar-refractivity contribution in [1.29, 1.82) is 0 Å². The number of aryl methyl sites for hydroxylation is 1. The van der Waals surface area contributed by atoms with E-state index in [1.54, 1.807) is 6.92 Å². The van der Waals surface area contributed by atoms with Crippen LogP contribution in [-0.4, -0.2) is 37.6 Å². The van der Waals surface area contributed by atoms with Gasteiger partial charge in [-0.1, -0.05) is 17.7 Å². The van der Waals surface area contributed by atoms with Crippen molar-refractivity contribution in [2.24, 2.45) is 0 Å². The van der Waals surface area contributed by atoms with E-state index in [0.29, 0.717) is 22.1 Å². The van der Waals surface area contributed by atoms with E-state index in [4.69, 9.17) is 25.8 Å². The first-order chi connectivity index (χ1) is 13.3. The number of benzene rings is 2. The van der Waals surface area contributed by atoms with Crippen molar-refractivity contribution in [3.63, 3.8) is 0 Å². The molecule has 0 saturated heterocycles. The minimum atomic E-state index is -0.862. The molecule has 148 valence electrons. The Labute approximate surface area is 165 Å². The molecule has 9 nitrogen and oxygen atoms in total. The van der Waals surface area contributed by atoms with Crippen LogP contribution in [0, 0.1) is 17.0 Å². The monoisotopic (exact) mass is 408 g/mol. The summed E-state index contributed by atoms with van der Waals surface area (Å²) in [7, 11) is 2.82. The van der Waals surface area contributed by atoms with Gasteiger partial charge in [0.05, 0.1) is 35.4 Å². The van der Waals surface area contributed by atoms with E-state index in [2.05, 4.69) is 5.32 Å². The third-order valence-electron chi connectivity index (χ3n) is 3.72. The number of rotatable bonds is 7. The topological polar surface area (TPSA) is 117 Å². The summed E-state index contributed by atoms with van der Waals surface area (Å²) in [4.78, 5) is 34.5. The summed E-state index contributed by atoms with van der Waals surface area (Å²) in [5, 5.41) is 13.8. The molecule has 0 aliphatic carbocycles. The lowest BCUT2D eigenvalue weighted by Gasteiger charge is -2.13. The quantitative estimate of drug-likeness (QED) is 0.424. The van der Waals surface area contributed by atoms with E-state index in [9.17, 15) is 19.7 Å². The van der Waals surface area contributed by atoms with Crippen molar-refractivity contribution < 1.29 is 28.7 Å². The Morgan fingerprint density at radius 3 is 2.43 bits per heavy atom. The van der Waals surface area contributed by atoms with Crippen molar-refractivity contribution in [2.45, 2.75) is 6.92 Å². The number of methoxy groups -OCH3 is 2. The zero-order valence-corrected chi connectivity index (χ0v) is 16.0. The molecule has 0 aliphatic rings. The molecule has 0 radical (unpaired) electrons. The van der Waals surface area contributed by atoms with Crippen LogP contribution < -0.4 is 14.8 Å². The van der Waals surface area contributed by atoms with Crippen LogP contribution in [0.3, 0.4) is 0 Å². The SMILES string of the molecule is COc1cc(NC(=O)COC(=O)c2ccc(C)c([N+](=O)[O-])c2)c(OC)cc1Cl. The molecule has 0 aliphatic heterocycles. The van der Waals surface area contributed by atoms with Crippen molar-refractivity contribution >= 4 is 34.9 Å². The molecular weight excluding hydrogens is 392 g/mol. The highest BCUT2D eigenvalue weighted by atomic mass is 35.5. The second kappa shape index (κ2) is 9.05. The van der Waals surface area contributed by atoms with Crippen LogP contribution in [-0.2, 0) is 9.53 Å². The van der Waals surface area contributed by atoms with Gasteiger partial charge in [0.2, 0.25) is 0 Å². The Bertz CT molecular complexity index is 930. The third-order valence-corrected chi connectivity index (χ3v) is 4.02. The molecule has 2 aromatic carbocycles. The highest BCUT2D eigenvalue weighted by molar-refractivity contribution is 6.32. The molecule has 28 heavy (non-hydrogen) atoms. The Kier molecular flexibility index (Phi) is 6.78. The van der Waals surface area contributed by atoms with Crippen LogP contribution in [0.2, 0.25) is 5.02 Å². The lowest BCUT2D eigenvalue weighted by atomic mass is 10.1. The predicted octanol–water partition coefficient (Wildman–Crippen LogP) is 3.37. The summed E-state index contributed by atoms with van der Waals surface area (Å²) >= 11 is 6.00. The largest absolute Gasteiger partial charge is 0.495 e. The molecule has 2 rings (SSSR count). The fraction of sp³-hybridized carbons (Fsp3) is 0.222. The first-order valence-electron chi connectivity index (χ1n) is 7.90. The number of amides is 1. The van der Waals surface area contributed by atoms with Gasteiger partial charge in [-0.25, -0.2) is 4.79 Å². The normalized spacial score (nSPS) is 10.1. The standard InChI is InChI=1S/C18H17ClN2O7/c1-10-4-5-11(6-14(10)21(24)25)18(23)28-9-17(22)20-13-8-15(26-2)12(19)7-16(13)27-3/h4-8H,9H2,1-3H3,(H,20,22). The van der Waals surface area contributed by atoms with Gasteiger partial charge in [-0.3, -0.25) is 14.9 Å². The molecule has 0 unspecified atom stereocenters. The number of nitrogens with one attached hydrogen (secondary N) is 1. The Balaban J connectivity index is 2.06. The fourth-order valence-corrected chi connectivity index (χ4v) is 2.52. The lowest BCUT2D eigenvalue weighted by molar-refractivity contribution is -0.385. The maximum absolute atomic E-state index is 12.1. The number of anilines is 1. The molecule has 1 amide bonds. The average Bonchev–Trinajstić information content (AvgIpc) is 2.67. The smallest absolute Gasteiger partial charge is 0.338 e. The molecule has 0 bridgehead atoms. The van der Waals surface area contributed by atoms with Crippen molar-refractivity contribution in [3.05, 3.63) is 56.6 Å². The van der Waals surface area contributed by atoms with Crippen molar-refractivity contribution in [3.8, 4) is 11.5 Å². The summed E-state index contributed by atoms with van der Waals surface area (Å²) in [6.45, 7) is 0.947. The number of hydrogen-bond donors (Lipinski definition) is 1. The van der Waals surface area contributed by atoms with Gasteiger partial charge in [-0.2, -0.15) is 0 Å². The molecule has 2 aromatic rings. The number of nitro benzene ring substituents is 1. The molecule has 0 spiro atoms. The second-order valence-corrected chi connectivity index (χ2v) is 5.98. The summed E-state index contributed by atoms with van der Waals surface area (Å²) in [6, 6.07) is 6.84. The zero-order valence-electron chi connectivity index (χ0n) is 15.3. The summed E-state index contributed by atoms with van der Waals surface area (Å²) in [5.41, 5.74) is 0.437. The van der Waals surface area contributed by atoms with E-state index >= 15 is 0 Å². The number of esters is 1. The van der Waals surface area contributed by atoms with Gasteiger partial charge in [0, 0.05) is 23.8 Å². The van der Waals surface area contributed by atoms with Gasteiger partial charge < -0.3 is 19.5 Å². The lowest BCUT2D eigenvalue weighted by Crippen LogP contribution is -2.21. The number of nitrogens with zero attached hydrogens (tertiary/aromatic N) is 1. The maximum Gasteiger partial charge on any atom is 0.338 e. The van der Waals surface area contributed by atoms with Crippen LogP contribution in [0.1, 0.15) is 15.9 Å². The van der Waals surface area contributed by atoms with Crippen molar-refractivity contribution in [1.82, 2.24) is 0 Å². The molecule has 0 aromatic heterocycles. The molecule has 0 heterocycles. The van der Waals surface area contributed by atoms with E-state index in [1.807, 2.05) is 0 Å². The highest BCUT2D eigenvalue weighted by Gasteiger charge is 2.18. The van der Waals surface area contributed by atoms with E-state index < -0.39 is 23.4 Å².